The van der Waals surface area contributed by atoms with Crippen LogP contribution < -0.4 is 10.4 Å². The Morgan fingerprint density at radius 1 is 0.837 bits per heavy atom. The van der Waals surface area contributed by atoms with Crippen molar-refractivity contribution in [3.8, 4) is 11.1 Å². The van der Waals surface area contributed by atoms with Crippen LogP contribution in [0.25, 0.3) is 53.8 Å². The number of aromatic nitrogens is 1. The van der Waals surface area contributed by atoms with E-state index in [2.05, 4.69) is 138 Å². The standard InChI is InChI=1S/C42H47NOSSi.2ClH.Zr/c1-28-25-31-26-29(2)45-40(31)41(28)46(7,24-13-9-8-12-23-44-42(3,4)5)39-22-20-33-32(16-14-17-35(33)39)30-19-21-38-36(27-30)34-15-10-11-18-37(34)43(38)6;;;/h10-11,14-22,25-27H,8-9,12-13,23-24H2,1-7H3;2*1H;/q-2;;;+4/p-2. The summed E-state index contributed by atoms with van der Waals surface area (Å²) in [4.78, 5) is 1.42. The third-order valence-corrected chi connectivity index (χ3v) is 16.2. The first-order valence-electron chi connectivity index (χ1n) is 17.4. The molecule has 7 rings (SSSR count). The number of thiophene rings is 1. The van der Waals surface area contributed by atoms with E-state index < -0.39 is 28.9 Å². The van der Waals surface area contributed by atoms with E-state index in [0.717, 1.165) is 13.0 Å². The number of rotatable bonds is 10. The van der Waals surface area contributed by atoms with Gasteiger partial charge in [-0.15, -0.1) is 39.3 Å². The number of ether oxygens (including phenoxy) is 1. The fourth-order valence-electron chi connectivity index (χ4n) is 8.02. The Balaban J connectivity index is 0.00000134. The molecule has 49 heavy (non-hydrogen) atoms. The van der Waals surface area contributed by atoms with Crippen molar-refractivity contribution in [2.75, 3.05) is 6.61 Å². The van der Waals surface area contributed by atoms with Gasteiger partial charge < -0.3 is 9.30 Å². The molecule has 0 radical (unpaired) electrons. The average Bonchev–Trinajstić information content (AvgIpc) is 3.80. The summed E-state index contributed by atoms with van der Waals surface area (Å²) in [6.07, 6.45) is 4.90. The van der Waals surface area contributed by atoms with Gasteiger partial charge in [0.2, 0.25) is 0 Å². The Hall–Kier alpha value is -1.98. The van der Waals surface area contributed by atoms with Crippen LogP contribution >= 0.6 is 28.4 Å². The van der Waals surface area contributed by atoms with Crippen molar-refractivity contribution in [2.45, 2.75) is 78.5 Å². The number of hydrogen-bond acceptors (Lipinski definition) is 2. The Morgan fingerprint density at radius 2 is 1.57 bits per heavy atom. The van der Waals surface area contributed by atoms with E-state index in [1.165, 1.54) is 89.5 Å². The van der Waals surface area contributed by atoms with Crippen LogP contribution in [0.2, 0.25) is 12.6 Å². The number of aryl methyl sites for hydroxylation is 3. The normalized spacial score (nSPS) is 13.2. The fraction of sp³-hybridized carbons (Fsp3) is 0.333. The van der Waals surface area contributed by atoms with E-state index in [1.54, 1.807) is 10.4 Å². The number of hydrogen-bond donors (Lipinski definition) is 0. The number of benzene rings is 3. The molecule has 0 amide bonds. The number of fused-ring (bicyclic) bond motifs is 5. The van der Waals surface area contributed by atoms with Gasteiger partial charge in [-0.25, -0.2) is 6.07 Å². The molecule has 2 aromatic heterocycles. The molecular formula is C42H47Cl2NOSSiZr. The van der Waals surface area contributed by atoms with E-state index in [4.69, 9.17) is 21.8 Å². The van der Waals surface area contributed by atoms with Crippen LogP contribution in [0.5, 0.6) is 0 Å². The molecule has 0 aliphatic heterocycles. The van der Waals surface area contributed by atoms with Gasteiger partial charge in [-0.1, -0.05) is 79.4 Å². The van der Waals surface area contributed by atoms with Crippen molar-refractivity contribution in [3.63, 3.8) is 0 Å². The van der Waals surface area contributed by atoms with Crippen molar-refractivity contribution in [2.24, 2.45) is 7.05 Å². The predicted molar refractivity (Wildman–Crippen MR) is 217 cm³/mol. The van der Waals surface area contributed by atoms with Crippen molar-refractivity contribution in [1.82, 2.24) is 4.57 Å². The third kappa shape index (κ3) is 7.50. The zero-order valence-corrected chi connectivity index (χ0v) is 35.6. The molecule has 0 saturated carbocycles. The van der Waals surface area contributed by atoms with E-state index in [9.17, 15) is 0 Å². The van der Waals surface area contributed by atoms with Gasteiger partial charge in [0, 0.05) is 43.5 Å². The Bertz CT molecular complexity index is 2220. The molecule has 7 aromatic rings. The van der Waals surface area contributed by atoms with Gasteiger partial charge in [0.25, 0.3) is 0 Å². The second-order valence-electron chi connectivity index (χ2n) is 14.7. The van der Waals surface area contributed by atoms with Crippen LogP contribution in [0.4, 0.5) is 0 Å². The zero-order chi connectivity index (χ0) is 34.9. The molecule has 2 nitrogen and oxygen atoms in total. The maximum atomic E-state index is 6.01. The quantitative estimate of drug-likeness (QED) is 0.0763. The fourth-order valence-corrected chi connectivity index (χ4v) is 14.5. The van der Waals surface area contributed by atoms with Gasteiger partial charge in [0.1, 0.15) is 0 Å². The van der Waals surface area contributed by atoms with Crippen LogP contribution in [0.3, 0.4) is 0 Å². The molecule has 0 spiro atoms. The summed E-state index contributed by atoms with van der Waals surface area (Å²) in [7, 11) is 9.97. The molecule has 254 valence electrons. The summed E-state index contributed by atoms with van der Waals surface area (Å²) >= 11 is 1.18. The Kier molecular flexibility index (Phi) is 11.5. The van der Waals surface area contributed by atoms with Crippen LogP contribution in [0.1, 0.15) is 56.9 Å². The van der Waals surface area contributed by atoms with Crippen LogP contribution in [0, 0.1) is 13.8 Å². The van der Waals surface area contributed by atoms with Gasteiger partial charge >= 0.3 is 37.9 Å². The molecule has 5 aromatic carbocycles. The molecular weight excluding hydrogens is 757 g/mol. The first-order valence-corrected chi connectivity index (χ1v) is 27.3. The van der Waals surface area contributed by atoms with Crippen LogP contribution in [-0.4, -0.2) is 24.8 Å². The molecule has 0 saturated heterocycles. The minimum absolute atomic E-state index is 0.0522. The Morgan fingerprint density at radius 3 is 2.35 bits per heavy atom. The average molecular weight is 804 g/mol. The second kappa shape index (κ2) is 15.3. The summed E-state index contributed by atoms with van der Waals surface area (Å²) < 4.78 is 9.87. The molecule has 7 heteroatoms. The third-order valence-electron chi connectivity index (χ3n) is 10.2. The molecule has 0 N–H and O–H groups in total. The van der Waals surface area contributed by atoms with Gasteiger partial charge in [0.05, 0.1) is 5.60 Å². The molecule has 0 bridgehead atoms. The number of para-hydroxylation sites is 1. The number of halogens is 2. The van der Waals surface area contributed by atoms with Crippen molar-refractivity contribution >= 4 is 89.5 Å². The van der Waals surface area contributed by atoms with E-state index >= 15 is 0 Å². The maximum absolute atomic E-state index is 6.01. The van der Waals surface area contributed by atoms with Gasteiger partial charge in [-0.05, 0) is 62.8 Å². The number of nitrogens with zero attached hydrogens (tertiary/aromatic N) is 1. The van der Waals surface area contributed by atoms with E-state index in [0.29, 0.717) is 0 Å². The topological polar surface area (TPSA) is 14.2 Å². The molecule has 0 aliphatic carbocycles. The Labute approximate surface area is 315 Å². The molecule has 0 fully saturated rings. The monoisotopic (exact) mass is 801 g/mol. The van der Waals surface area contributed by atoms with E-state index in [-0.39, 0.29) is 5.60 Å². The summed E-state index contributed by atoms with van der Waals surface area (Å²) in [6.45, 7) is 14.6. The molecule has 1 atom stereocenters. The minimum atomic E-state index is -2.08. The van der Waals surface area contributed by atoms with Crippen molar-refractivity contribution < 1.29 is 25.6 Å². The van der Waals surface area contributed by atoms with Crippen molar-refractivity contribution in [3.05, 3.63) is 95.4 Å². The van der Waals surface area contributed by atoms with Crippen LogP contribution in [0.15, 0.2) is 84.9 Å². The first-order chi connectivity index (χ1) is 23.5. The molecule has 0 aliphatic rings. The summed E-state index contributed by atoms with van der Waals surface area (Å²) in [5.74, 6) is 0. The summed E-state index contributed by atoms with van der Waals surface area (Å²) in [5.41, 5.74) is 6.64. The summed E-state index contributed by atoms with van der Waals surface area (Å²) in [5, 5.41) is 10.2. The SMILES string of the molecule is Cc1cc2cc(C)[c-]([Si](C)(CCCCCCOC(C)(C)C)[c-]3ccc4c(-c5ccc6c(c5)c5ccccc5n6C)cccc43)c2s1.[Cl][Zr+2][Cl]. The summed E-state index contributed by atoms with van der Waals surface area (Å²) in [6, 6.07) is 33.9. The molecule has 1 unspecified atom stereocenters. The van der Waals surface area contributed by atoms with Crippen molar-refractivity contribution in [1.29, 1.82) is 0 Å². The van der Waals surface area contributed by atoms with Gasteiger partial charge in [0.15, 0.2) is 0 Å². The van der Waals surface area contributed by atoms with Gasteiger partial charge in [-0.3, -0.25) is 0 Å². The van der Waals surface area contributed by atoms with E-state index in [1.807, 2.05) is 11.3 Å². The van der Waals surface area contributed by atoms with Gasteiger partial charge in [-0.2, -0.15) is 34.4 Å². The number of unbranched alkanes of at least 4 members (excludes halogenated alkanes) is 3. The zero-order valence-electron chi connectivity index (χ0n) is 29.8. The predicted octanol–water partition coefficient (Wildman–Crippen LogP) is 12.4. The second-order valence-corrected chi connectivity index (χ2v) is 23.9. The first kappa shape index (κ1) is 36.8. The van der Waals surface area contributed by atoms with Crippen LogP contribution in [-0.2, 0) is 32.6 Å². The molecule has 2 heterocycles.